The van der Waals surface area contributed by atoms with E-state index in [0.717, 1.165) is 7.11 Å². The molecule has 0 saturated heterocycles. The largest absolute Gasteiger partial charge is 0.464 e. The van der Waals surface area contributed by atoms with Crippen LogP contribution in [0.5, 0.6) is 0 Å². The van der Waals surface area contributed by atoms with E-state index in [1.165, 1.54) is 0 Å². The predicted molar refractivity (Wildman–Crippen MR) is 57.0 cm³/mol. The number of ether oxygens (including phenoxy) is 2. The zero-order valence-electron chi connectivity index (χ0n) is 8.51. The maximum absolute atomic E-state index is 11.4. The first kappa shape index (κ1) is 16.3. The molecular weight excluding hydrogens is 271 g/mol. The van der Waals surface area contributed by atoms with Gasteiger partial charge >= 0.3 is 11.9 Å². The molecule has 0 aliphatic rings. The van der Waals surface area contributed by atoms with Crippen LogP contribution in [-0.4, -0.2) is 25.7 Å². The third-order valence-electron chi connectivity index (χ3n) is 0.904. The van der Waals surface area contributed by atoms with E-state index in [4.69, 9.17) is 0 Å². The normalized spacial score (nSPS) is 8.00. The van der Waals surface area contributed by atoms with Crippen LogP contribution < -0.4 is 0 Å². The molecule has 0 N–H and O–H groups in total. The maximum atomic E-state index is 11.4. The Kier molecular flexibility index (Phi) is 10.2. The van der Waals surface area contributed by atoms with Crippen molar-refractivity contribution in [3.8, 4) is 0 Å². The van der Waals surface area contributed by atoms with Crippen molar-refractivity contribution in [2.75, 3.05) is 13.7 Å². The first-order valence-electron chi connectivity index (χ1n) is 3.81. The van der Waals surface area contributed by atoms with Gasteiger partial charge in [0.25, 0.3) is 0 Å². The number of hydrogen-bond donors (Lipinski definition) is 0. The van der Waals surface area contributed by atoms with Gasteiger partial charge in [-0.05, 0) is 22.9 Å². The van der Waals surface area contributed by atoms with Crippen molar-refractivity contribution < 1.29 is 23.5 Å². The summed E-state index contributed by atoms with van der Waals surface area (Å²) in [6, 6.07) is 0. The molecule has 0 aromatic heterocycles. The van der Waals surface area contributed by atoms with Crippen LogP contribution in [0.3, 0.4) is 0 Å². The number of carbonyl (C=O) groups excluding carboxylic acids is 2. The Hall–Kier alpha value is -1.17. The number of halogens is 2. The van der Waals surface area contributed by atoms with Crippen molar-refractivity contribution >= 4 is 27.9 Å². The summed E-state index contributed by atoms with van der Waals surface area (Å²) in [6.07, 6.45) is 0. The third-order valence-corrected chi connectivity index (χ3v) is 1.23. The monoisotopic (exact) mass is 282 g/mol. The number of rotatable bonds is 3. The molecule has 6 heteroatoms. The minimum absolute atomic E-state index is 0.263. The smallest absolute Gasteiger partial charge is 0.366 e. The van der Waals surface area contributed by atoms with Gasteiger partial charge < -0.3 is 9.47 Å². The molecule has 0 heterocycles. The molecule has 0 aromatic carbocycles. The van der Waals surface area contributed by atoms with Crippen LogP contribution in [0.4, 0.5) is 4.39 Å². The van der Waals surface area contributed by atoms with Crippen molar-refractivity contribution in [1.82, 2.24) is 0 Å². The second-order valence-electron chi connectivity index (χ2n) is 2.02. The van der Waals surface area contributed by atoms with E-state index >= 15 is 0 Å². The van der Waals surface area contributed by atoms with Crippen LogP contribution in [0.1, 0.15) is 6.92 Å². The van der Waals surface area contributed by atoms with E-state index in [1.54, 1.807) is 6.92 Å². The highest BCUT2D eigenvalue weighted by molar-refractivity contribution is 9.12. The highest BCUT2D eigenvalue weighted by atomic mass is 79.9. The molecule has 0 aromatic rings. The topological polar surface area (TPSA) is 52.6 Å². The van der Waals surface area contributed by atoms with Crippen LogP contribution in [-0.2, 0) is 19.1 Å². The number of esters is 2. The SMILES string of the molecule is C=C(Br)C(=O)OCC.C=C(F)C(=O)OC. The second-order valence-corrected chi connectivity index (χ2v) is 2.98. The molecule has 86 valence electrons. The summed E-state index contributed by atoms with van der Waals surface area (Å²) in [5.74, 6) is -2.48. The summed E-state index contributed by atoms with van der Waals surface area (Å²) in [5.41, 5.74) is 0. The third kappa shape index (κ3) is 10.8. The maximum Gasteiger partial charge on any atom is 0.366 e. The standard InChI is InChI=1S/C5H7BrO2.C4H5FO2/c1-3-8-5(7)4(2)6;1-3(5)4(6)7-2/h2-3H2,1H3;1H2,2H3. The van der Waals surface area contributed by atoms with Gasteiger partial charge in [0.15, 0.2) is 0 Å². The quantitative estimate of drug-likeness (QED) is 0.588. The van der Waals surface area contributed by atoms with E-state index in [9.17, 15) is 14.0 Å². The molecule has 0 atom stereocenters. The number of carbonyl (C=O) groups is 2. The Morgan fingerprint density at radius 1 is 1.33 bits per heavy atom. The van der Waals surface area contributed by atoms with Gasteiger partial charge in [0.2, 0.25) is 5.83 Å². The molecule has 0 saturated carbocycles. The summed E-state index contributed by atoms with van der Waals surface area (Å²) in [5, 5.41) is 0. The zero-order valence-corrected chi connectivity index (χ0v) is 10.1. The van der Waals surface area contributed by atoms with E-state index in [-0.39, 0.29) is 4.48 Å². The van der Waals surface area contributed by atoms with Crippen LogP contribution in [0, 0.1) is 0 Å². The van der Waals surface area contributed by atoms with Gasteiger partial charge in [0, 0.05) is 0 Å². The van der Waals surface area contributed by atoms with Crippen molar-refractivity contribution in [1.29, 1.82) is 0 Å². The van der Waals surface area contributed by atoms with E-state index in [2.05, 4.69) is 38.6 Å². The predicted octanol–water partition coefficient (Wildman–Crippen LogP) is 2.10. The molecule has 15 heavy (non-hydrogen) atoms. The average molecular weight is 283 g/mol. The molecule has 0 unspecified atom stereocenters. The Morgan fingerprint density at radius 2 is 1.80 bits per heavy atom. The Labute approximate surface area is 95.9 Å². The van der Waals surface area contributed by atoms with E-state index in [0.29, 0.717) is 6.61 Å². The molecule has 0 fully saturated rings. The van der Waals surface area contributed by atoms with Crippen LogP contribution >= 0.6 is 15.9 Å². The molecule has 4 nitrogen and oxygen atoms in total. The Morgan fingerprint density at radius 3 is 1.87 bits per heavy atom. The van der Waals surface area contributed by atoms with Crippen molar-refractivity contribution in [2.24, 2.45) is 0 Å². The van der Waals surface area contributed by atoms with Crippen molar-refractivity contribution in [3.05, 3.63) is 23.5 Å². The summed E-state index contributed by atoms with van der Waals surface area (Å²) < 4.78 is 20.1. The minimum atomic E-state index is -1.07. The fourth-order valence-electron chi connectivity index (χ4n) is 0.320. The lowest BCUT2D eigenvalue weighted by molar-refractivity contribution is -0.138. The first-order valence-corrected chi connectivity index (χ1v) is 4.60. The highest BCUT2D eigenvalue weighted by Gasteiger charge is 2.01. The van der Waals surface area contributed by atoms with E-state index < -0.39 is 17.8 Å². The molecular formula is C9H12BrFO4. The lowest BCUT2D eigenvalue weighted by Gasteiger charge is -1.95. The molecule has 0 aliphatic heterocycles. The van der Waals surface area contributed by atoms with Crippen molar-refractivity contribution in [2.45, 2.75) is 6.92 Å². The molecule has 0 rings (SSSR count). The molecule has 0 spiro atoms. The Balaban J connectivity index is 0. The fraction of sp³-hybridized carbons (Fsp3) is 0.333. The first-order chi connectivity index (χ1) is 6.86. The van der Waals surface area contributed by atoms with Crippen LogP contribution in [0.2, 0.25) is 0 Å². The van der Waals surface area contributed by atoms with Gasteiger partial charge in [-0.1, -0.05) is 13.2 Å². The summed E-state index contributed by atoms with van der Waals surface area (Å²) in [6.45, 7) is 8.14. The summed E-state index contributed by atoms with van der Waals surface area (Å²) >= 11 is 2.87. The molecule has 0 aliphatic carbocycles. The zero-order chi connectivity index (χ0) is 12.4. The number of methoxy groups -OCH3 is 1. The summed E-state index contributed by atoms with van der Waals surface area (Å²) in [4.78, 5) is 20.2. The van der Waals surface area contributed by atoms with Crippen LogP contribution in [0.25, 0.3) is 0 Å². The molecule has 0 radical (unpaired) electrons. The van der Waals surface area contributed by atoms with Crippen molar-refractivity contribution in [3.63, 3.8) is 0 Å². The highest BCUT2D eigenvalue weighted by Crippen LogP contribution is 2.01. The van der Waals surface area contributed by atoms with Gasteiger partial charge in [0.1, 0.15) is 0 Å². The van der Waals surface area contributed by atoms with Gasteiger partial charge in [-0.15, -0.1) is 0 Å². The second kappa shape index (κ2) is 9.39. The average Bonchev–Trinajstić information content (AvgIpc) is 2.17. The van der Waals surface area contributed by atoms with E-state index in [1.807, 2.05) is 0 Å². The van der Waals surface area contributed by atoms with Crippen LogP contribution in [0.15, 0.2) is 23.5 Å². The minimum Gasteiger partial charge on any atom is -0.464 e. The summed E-state index contributed by atoms with van der Waals surface area (Å²) in [7, 11) is 1.09. The van der Waals surface area contributed by atoms with Gasteiger partial charge in [-0.25, -0.2) is 9.59 Å². The van der Waals surface area contributed by atoms with Gasteiger partial charge in [-0.3, -0.25) is 0 Å². The van der Waals surface area contributed by atoms with Gasteiger partial charge in [0.05, 0.1) is 18.2 Å². The number of hydrogen-bond acceptors (Lipinski definition) is 4. The molecule has 0 amide bonds. The lowest BCUT2D eigenvalue weighted by atomic mass is 10.6. The lowest BCUT2D eigenvalue weighted by Crippen LogP contribution is -2.01. The Bertz CT molecular complexity index is 263. The molecule has 0 bridgehead atoms. The van der Waals surface area contributed by atoms with Gasteiger partial charge in [-0.2, -0.15) is 4.39 Å². The fourth-order valence-corrected chi connectivity index (χ4v) is 0.435.